The van der Waals surface area contributed by atoms with E-state index in [0.717, 1.165) is 28.9 Å². The monoisotopic (exact) mass is 294 g/mol. The highest BCUT2D eigenvalue weighted by molar-refractivity contribution is 7.11. The fourth-order valence-electron chi connectivity index (χ4n) is 4.02. The fourth-order valence-corrected chi connectivity index (χ4v) is 4.90. The van der Waals surface area contributed by atoms with Crippen molar-refractivity contribution >= 4 is 17.2 Å². The number of rotatable bonds is 3. The normalized spacial score (nSPS) is 29.6. The van der Waals surface area contributed by atoms with Gasteiger partial charge in [-0.05, 0) is 50.9 Å². The molecule has 0 aliphatic heterocycles. The van der Waals surface area contributed by atoms with Gasteiger partial charge >= 0.3 is 4.87 Å². The first kappa shape index (κ1) is 13.9. The van der Waals surface area contributed by atoms with Crippen LogP contribution in [-0.4, -0.2) is 16.5 Å². The van der Waals surface area contributed by atoms with E-state index in [4.69, 9.17) is 0 Å². The Balaban J connectivity index is 1.69. The molecule has 4 unspecified atom stereocenters. The van der Waals surface area contributed by atoms with Crippen LogP contribution in [-0.2, 0) is 7.05 Å². The largest absolute Gasteiger partial charge is 0.349 e. The van der Waals surface area contributed by atoms with Crippen LogP contribution in [0.15, 0.2) is 4.79 Å². The van der Waals surface area contributed by atoms with Gasteiger partial charge in [-0.1, -0.05) is 17.8 Å². The number of amides is 1. The summed E-state index contributed by atoms with van der Waals surface area (Å²) in [5, 5.41) is 3.12. The molecular formula is C15H22N2O2S. The van der Waals surface area contributed by atoms with Crippen LogP contribution >= 0.6 is 11.3 Å². The summed E-state index contributed by atoms with van der Waals surface area (Å²) >= 11 is 1.04. The molecule has 20 heavy (non-hydrogen) atoms. The van der Waals surface area contributed by atoms with Gasteiger partial charge in [-0.2, -0.15) is 0 Å². The Kier molecular flexibility index (Phi) is 3.48. The molecule has 2 aliphatic rings. The molecule has 4 nitrogen and oxygen atoms in total. The minimum atomic E-state index is -0.0829. The maximum Gasteiger partial charge on any atom is 0.307 e. The Morgan fingerprint density at radius 2 is 2.15 bits per heavy atom. The molecule has 0 aromatic carbocycles. The smallest absolute Gasteiger partial charge is 0.307 e. The summed E-state index contributed by atoms with van der Waals surface area (Å²) in [6.07, 6.45) is 5.31. The molecule has 0 spiro atoms. The second-order valence-electron chi connectivity index (χ2n) is 6.44. The quantitative estimate of drug-likeness (QED) is 0.930. The predicted octanol–water partition coefficient (Wildman–Crippen LogP) is 2.31. The van der Waals surface area contributed by atoms with Crippen molar-refractivity contribution in [1.29, 1.82) is 0 Å². The predicted molar refractivity (Wildman–Crippen MR) is 80.2 cm³/mol. The molecular weight excluding hydrogens is 272 g/mol. The molecule has 1 amide bonds. The van der Waals surface area contributed by atoms with E-state index in [1.807, 2.05) is 6.92 Å². The highest BCUT2D eigenvalue weighted by Crippen LogP contribution is 2.49. The van der Waals surface area contributed by atoms with E-state index < -0.39 is 0 Å². The minimum Gasteiger partial charge on any atom is -0.349 e. The summed E-state index contributed by atoms with van der Waals surface area (Å²) in [6, 6.07) is 0.208. The Bertz CT molecular complexity index is 589. The first-order valence-electron chi connectivity index (χ1n) is 7.44. The number of thiazole rings is 1. The number of nitrogens with zero attached hydrogens (tertiary/aromatic N) is 1. The van der Waals surface area contributed by atoms with Crippen molar-refractivity contribution in [1.82, 2.24) is 9.88 Å². The lowest BCUT2D eigenvalue weighted by atomic mass is 9.84. The van der Waals surface area contributed by atoms with Crippen molar-refractivity contribution in [2.24, 2.45) is 24.8 Å². The minimum absolute atomic E-state index is 0.0692. The van der Waals surface area contributed by atoms with Gasteiger partial charge in [0, 0.05) is 18.8 Å². The van der Waals surface area contributed by atoms with Gasteiger partial charge < -0.3 is 9.88 Å². The summed E-state index contributed by atoms with van der Waals surface area (Å²) < 4.78 is 1.54. The van der Waals surface area contributed by atoms with Gasteiger partial charge in [-0.25, -0.2) is 0 Å². The van der Waals surface area contributed by atoms with Crippen LogP contribution in [0.4, 0.5) is 0 Å². The molecule has 1 aromatic rings. The number of fused-ring (bicyclic) bond motifs is 2. The third kappa shape index (κ3) is 2.22. The van der Waals surface area contributed by atoms with E-state index in [1.165, 1.54) is 25.7 Å². The first-order chi connectivity index (χ1) is 9.47. The topological polar surface area (TPSA) is 51.1 Å². The van der Waals surface area contributed by atoms with E-state index in [1.54, 1.807) is 11.6 Å². The second kappa shape index (κ2) is 5.02. The number of nitrogens with one attached hydrogen (secondary N) is 1. The zero-order valence-electron chi connectivity index (χ0n) is 12.3. The summed E-state index contributed by atoms with van der Waals surface area (Å²) in [4.78, 5) is 24.5. The summed E-state index contributed by atoms with van der Waals surface area (Å²) in [5.74, 6) is 2.23. The number of hydrogen-bond acceptors (Lipinski definition) is 3. The molecule has 110 valence electrons. The molecule has 5 heteroatoms. The maximum atomic E-state index is 12.4. The van der Waals surface area contributed by atoms with Crippen molar-refractivity contribution in [3.63, 3.8) is 0 Å². The van der Waals surface area contributed by atoms with Gasteiger partial charge in [0.25, 0.3) is 5.91 Å². The van der Waals surface area contributed by atoms with E-state index in [2.05, 4.69) is 12.2 Å². The Morgan fingerprint density at radius 1 is 1.40 bits per heavy atom. The van der Waals surface area contributed by atoms with Crippen molar-refractivity contribution < 1.29 is 4.79 Å². The summed E-state index contributed by atoms with van der Waals surface area (Å²) in [6.45, 7) is 3.94. The van der Waals surface area contributed by atoms with Gasteiger partial charge in [0.1, 0.15) is 4.88 Å². The van der Waals surface area contributed by atoms with E-state index in [0.29, 0.717) is 10.8 Å². The molecule has 4 atom stereocenters. The highest BCUT2D eigenvalue weighted by Gasteiger charge is 2.42. The molecule has 2 bridgehead atoms. The third-order valence-corrected chi connectivity index (χ3v) is 6.43. The molecule has 3 rings (SSSR count). The van der Waals surface area contributed by atoms with Crippen molar-refractivity contribution in [3.8, 4) is 0 Å². The second-order valence-corrected chi connectivity index (χ2v) is 7.40. The standard InChI is InChI=1S/C15H22N2O2S/c1-8(12-7-10-4-5-11(12)6-10)16-14(18)13-9(2)17(3)15(19)20-13/h8,10-12H,4-7H2,1-3H3,(H,16,18). The van der Waals surface area contributed by atoms with Crippen LogP contribution < -0.4 is 10.2 Å². The van der Waals surface area contributed by atoms with E-state index >= 15 is 0 Å². The van der Waals surface area contributed by atoms with Crippen LogP contribution in [0.5, 0.6) is 0 Å². The molecule has 0 radical (unpaired) electrons. The Morgan fingerprint density at radius 3 is 2.65 bits per heavy atom. The Hall–Kier alpha value is -1.10. The lowest BCUT2D eigenvalue weighted by Crippen LogP contribution is -2.40. The lowest BCUT2D eigenvalue weighted by molar-refractivity contribution is 0.0918. The first-order valence-corrected chi connectivity index (χ1v) is 8.26. The maximum absolute atomic E-state index is 12.4. The van der Waals surface area contributed by atoms with Crippen molar-refractivity contribution in [3.05, 3.63) is 20.2 Å². The van der Waals surface area contributed by atoms with E-state index in [9.17, 15) is 9.59 Å². The molecule has 0 saturated heterocycles. The SMILES string of the molecule is Cc1c(C(=O)NC(C)C2CC3CCC2C3)sc(=O)n1C. The molecule has 1 heterocycles. The van der Waals surface area contributed by atoms with Gasteiger partial charge in [-0.3, -0.25) is 9.59 Å². The lowest BCUT2D eigenvalue weighted by Gasteiger charge is -2.28. The zero-order valence-corrected chi connectivity index (χ0v) is 13.1. The van der Waals surface area contributed by atoms with Gasteiger partial charge in [-0.15, -0.1) is 0 Å². The highest BCUT2D eigenvalue weighted by atomic mass is 32.1. The number of carbonyl (C=O) groups excluding carboxylic acids is 1. The average molecular weight is 294 g/mol. The fraction of sp³-hybridized carbons (Fsp3) is 0.733. The molecule has 1 N–H and O–H groups in total. The number of carbonyl (C=O) groups is 1. The van der Waals surface area contributed by atoms with Crippen LogP contribution in [0.2, 0.25) is 0 Å². The molecule has 2 aliphatic carbocycles. The van der Waals surface area contributed by atoms with E-state index in [-0.39, 0.29) is 16.8 Å². The van der Waals surface area contributed by atoms with Crippen molar-refractivity contribution in [2.75, 3.05) is 0 Å². The van der Waals surface area contributed by atoms with Gasteiger partial charge in [0.05, 0.1) is 0 Å². The molecule has 1 aromatic heterocycles. The van der Waals surface area contributed by atoms with Crippen molar-refractivity contribution in [2.45, 2.75) is 45.6 Å². The summed E-state index contributed by atoms with van der Waals surface area (Å²) in [5.41, 5.74) is 0.762. The van der Waals surface area contributed by atoms with Crippen LogP contribution in [0.25, 0.3) is 0 Å². The number of hydrogen-bond donors (Lipinski definition) is 1. The van der Waals surface area contributed by atoms with Crippen LogP contribution in [0.3, 0.4) is 0 Å². The number of aromatic nitrogens is 1. The summed E-state index contributed by atoms with van der Waals surface area (Å²) in [7, 11) is 1.71. The zero-order chi connectivity index (χ0) is 14.4. The molecule has 2 saturated carbocycles. The average Bonchev–Trinajstić information content (AvgIpc) is 3.10. The van der Waals surface area contributed by atoms with Crippen LogP contribution in [0.1, 0.15) is 48.0 Å². The third-order valence-electron chi connectivity index (χ3n) is 5.29. The van der Waals surface area contributed by atoms with Crippen LogP contribution in [0, 0.1) is 24.7 Å². The Labute approximate surface area is 123 Å². The molecule has 2 fully saturated rings. The van der Waals surface area contributed by atoms with Gasteiger partial charge in [0.2, 0.25) is 0 Å². The van der Waals surface area contributed by atoms with Gasteiger partial charge in [0.15, 0.2) is 0 Å².